The van der Waals surface area contributed by atoms with Crippen LogP contribution in [-0.4, -0.2) is 24.6 Å². The van der Waals surface area contributed by atoms with Crippen LogP contribution in [0.3, 0.4) is 0 Å². The molecule has 4 heteroatoms. The third-order valence-electron chi connectivity index (χ3n) is 2.75. The number of carbonyl (C=O) groups excluding carboxylic acids is 2. The first kappa shape index (κ1) is 21.2. The SMILES string of the molecule is C=C(C)C#CC(CC(C)C)OC(=O)CCCC(=O)OCC(C)C. The summed E-state index contributed by atoms with van der Waals surface area (Å²) in [6.07, 6.45) is 1.11. The lowest BCUT2D eigenvalue weighted by molar-refractivity contribution is -0.148. The van der Waals surface area contributed by atoms with E-state index in [4.69, 9.17) is 9.47 Å². The van der Waals surface area contributed by atoms with E-state index in [-0.39, 0.29) is 24.8 Å². The molecule has 0 heterocycles. The first-order valence-corrected chi connectivity index (χ1v) is 8.22. The Morgan fingerprint density at radius 1 is 1.04 bits per heavy atom. The highest BCUT2D eigenvalue weighted by Gasteiger charge is 2.14. The molecule has 0 aromatic heterocycles. The van der Waals surface area contributed by atoms with E-state index in [0.29, 0.717) is 31.3 Å². The molecule has 0 aliphatic carbocycles. The minimum absolute atomic E-state index is 0.195. The molecule has 0 aromatic carbocycles. The topological polar surface area (TPSA) is 52.6 Å². The van der Waals surface area contributed by atoms with Crippen molar-refractivity contribution < 1.29 is 19.1 Å². The molecule has 130 valence electrons. The van der Waals surface area contributed by atoms with Gasteiger partial charge in [0.25, 0.3) is 0 Å². The van der Waals surface area contributed by atoms with E-state index in [1.807, 2.05) is 34.6 Å². The molecule has 0 N–H and O–H groups in total. The Kier molecular flexibility index (Phi) is 10.9. The van der Waals surface area contributed by atoms with Gasteiger partial charge in [0.15, 0.2) is 6.10 Å². The summed E-state index contributed by atoms with van der Waals surface area (Å²) >= 11 is 0. The van der Waals surface area contributed by atoms with Crippen molar-refractivity contribution in [1.29, 1.82) is 0 Å². The van der Waals surface area contributed by atoms with Gasteiger partial charge in [0.2, 0.25) is 0 Å². The van der Waals surface area contributed by atoms with Gasteiger partial charge < -0.3 is 9.47 Å². The molecule has 0 bridgehead atoms. The van der Waals surface area contributed by atoms with Crippen molar-refractivity contribution in [3.8, 4) is 11.8 Å². The number of hydrogen-bond acceptors (Lipinski definition) is 4. The third-order valence-corrected chi connectivity index (χ3v) is 2.75. The first-order valence-electron chi connectivity index (χ1n) is 8.22. The van der Waals surface area contributed by atoms with Gasteiger partial charge in [0.05, 0.1) is 6.61 Å². The molecule has 0 spiro atoms. The van der Waals surface area contributed by atoms with Crippen molar-refractivity contribution in [3.05, 3.63) is 12.2 Å². The van der Waals surface area contributed by atoms with Crippen molar-refractivity contribution in [3.63, 3.8) is 0 Å². The molecule has 0 aliphatic heterocycles. The van der Waals surface area contributed by atoms with Gasteiger partial charge >= 0.3 is 11.9 Å². The molecular formula is C19H30O4. The van der Waals surface area contributed by atoms with Gasteiger partial charge in [-0.05, 0) is 37.2 Å². The summed E-state index contributed by atoms with van der Waals surface area (Å²) in [5, 5.41) is 0. The van der Waals surface area contributed by atoms with Crippen LogP contribution in [0.2, 0.25) is 0 Å². The van der Waals surface area contributed by atoms with Gasteiger partial charge in [-0.25, -0.2) is 0 Å². The van der Waals surface area contributed by atoms with Gasteiger partial charge in [-0.3, -0.25) is 9.59 Å². The van der Waals surface area contributed by atoms with E-state index in [0.717, 1.165) is 5.57 Å². The second-order valence-electron chi connectivity index (χ2n) is 6.59. The summed E-state index contributed by atoms with van der Waals surface area (Å²) < 4.78 is 10.4. The lowest BCUT2D eigenvalue weighted by atomic mass is 10.1. The smallest absolute Gasteiger partial charge is 0.307 e. The first-order chi connectivity index (χ1) is 10.7. The molecule has 0 saturated carbocycles. The molecule has 0 fully saturated rings. The second kappa shape index (κ2) is 11.8. The summed E-state index contributed by atoms with van der Waals surface area (Å²) in [5.41, 5.74) is 0.739. The maximum Gasteiger partial charge on any atom is 0.307 e. The maximum atomic E-state index is 11.9. The fraction of sp³-hybridized carbons (Fsp3) is 0.684. The highest BCUT2D eigenvalue weighted by Crippen LogP contribution is 2.10. The Morgan fingerprint density at radius 2 is 1.65 bits per heavy atom. The molecule has 0 aliphatic rings. The fourth-order valence-electron chi connectivity index (χ4n) is 1.69. The maximum absolute atomic E-state index is 11.9. The average molecular weight is 322 g/mol. The van der Waals surface area contributed by atoms with Crippen LogP contribution >= 0.6 is 0 Å². The Morgan fingerprint density at radius 3 is 2.17 bits per heavy atom. The molecule has 1 atom stereocenters. The molecular weight excluding hydrogens is 292 g/mol. The van der Waals surface area contributed by atoms with E-state index >= 15 is 0 Å². The van der Waals surface area contributed by atoms with Crippen molar-refractivity contribution in [2.75, 3.05) is 6.61 Å². The van der Waals surface area contributed by atoms with Gasteiger partial charge in [-0.2, -0.15) is 0 Å². The lowest BCUT2D eigenvalue weighted by Crippen LogP contribution is -2.19. The summed E-state index contributed by atoms with van der Waals surface area (Å²) in [4.78, 5) is 23.3. The molecule has 23 heavy (non-hydrogen) atoms. The van der Waals surface area contributed by atoms with E-state index in [9.17, 15) is 9.59 Å². The van der Waals surface area contributed by atoms with Crippen LogP contribution in [0.4, 0.5) is 0 Å². The predicted octanol–water partition coefficient (Wildman–Crippen LogP) is 3.89. The fourth-order valence-corrected chi connectivity index (χ4v) is 1.69. The van der Waals surface area contributed by atoms with Crippen LogP contribution < -0.4 is 0 Å². The van der Waals surface area contributed by atoms with Gasteiger partial charge in [-0.15, -0.1) is 0 Å². The molecule has 0 rings (SSSR count). The number of allylic oxidation sites excluding steroid dienone is 1. The van der Waals surface area contributed by atoms with Crippen molar-refractivity contribution >= 4 is 11.9 Å². The van der Waals surface area contributed by atoms with Crippen molar-refractivity contribution in [1.82, 2.24) is 0 Å². The molecule has 0 radical (unpaired) electrons. The third kappa shape index (κ3) is 13.6. The van der Waals surface area contributed by atoms with Crippen LogP contribution in [0.15, 0.2) is 12.2 Å². The van der Waals surface area contributed by atoms with Gasteiger partial charge in [0.1, 0.15) is 0 Å². The standard InChI is InChI=1S/C19H30O4/c1-14(2)10-11-17(12-15(3)4)23-19(21)9-7-8-18(20)22-13-16(5)6/h15-17H,1,7-9,12-13H2,2-6H3. The van der Waals surface area contributed by atoms with Gasteiger partial charge in [0, 0.05) is 12.8 Å². The quantitative estimate of drug-likeness (QED) is 0.477. The zero-order chi connectivity index (χ0) is 17.8. The number of rotatable bonds is 9. The zero-order valence-electron chi connectivity index (χ0n) is 15.1. The van der Waals surface area contributed by atoms with E-state index < -0.39 is 6.10 Å². The van der Waals surface area contributed by atoms with E-state index in [2.05, 4.69) is 18.4 Å². The van der Waals surface area contributed by atoms with Crippen LogP contribution in [0.25, 0.3) is 0 Å². The highest BCUT2D eigenvalue weighted by molar-refractivity contribution is 5.72. The number of ether oxygens (including phenoxy) is 2. The van der Waals surface area contributed by atoms with Crippen molar-refractivity contribution in [2.24, 2.45) is 11.8 Å². The lowest BCUT2D eigenvalue weighted by Gasteiger charge is -2.14. The van der Waals surface area contributed by atoms with Crippen LogP contribution in [-0.2, 0) is 19.1 Å². The Hall–Kier alpha value is -1.76. The monoisotopic (exact) mass is 322 g/mol. The number of carbonyl (C=O) groups is 2. The minimum atomic E-state index is -0.424. The summed E-state index contributed by atoms with van der Waals surface area (Å²) in [7, 11) is 0. The van der Waals surface area contributed by atoms with Crippen LogP contribution in [0.1, 0.15) is 60.3 Å². The number of hydrogen-bond donors (Lipinski definition) is 0. The Bertz CT molecular complexity index is 452. The molecule has 0 amide bonds. The molecule has 0 saturated heterocycles. The zero-order valence-corrected chi connectivity index (χ0v) is 15.1. The van der Waals surface area contributed by atoms with Gasteiger partial charge in [-0.1, -0.05) is 46.1 Å². The highest BCUT2D eigenvalue weighted by atomic mass is 16.5. The summed E-state index contributed by atoms with van der Waals surface area (Å²) in [6, 6.07) is 0. The number of esters is 2. The van der Waals surface area contributed by atoms with E-state index in [1.54, 1.807) is 0 Å². The van der Waals surface area contributed by atoms with E-state index in [1.165, 1.54) is 0 Å². The molecule has 4 nitrogen and oxygen atoms in total. The minimum Gasteiger partial charge on any atom is -0.465 e. The Balaban J connectivity index is 4.20. The largest absolute Gasteiger partial charge is 0.465 e. The van der Waals surface area contributed by atoms with Crippen LogP contribution in [0.5, 0.6) is 0 Å². The molecule has 0 aromatic rings. The van der Waals surface area contributed by atoms with Crippen molar-refractivity contribution in [2.45, 2.75) is 66.4 Å². The second-order valence-corrected chi connectivity index (χ2v) is 6.59. The summed E-state index contributed by atoms with van der Waals surface area (Å²) in [6.45, 7) is 14.0. The average Bonchev–Trinajstić information content (AvgIpc) is 2.41. The summed E-state index contributed by atoms with van der Waals surface area (Å²) in [5.74, 6) is 5.88. The molecule has 1 unspecified atom stereocenters. The van der Waals surface area contributed by atoms with Crippen LogP contribution in [0, 0.1) is 23.7 Å². The predicted molar refractivity (Wildman–Crippen MR) is 91.6 cm³/mol. The normalized spacial score (nSPS) is 11.6. The Labute approximate surface area is 140 Å².